The summed E-state index contributed by atoms with van der Waals surface area (Å²) in [5.41, 5.74) is 0.876. The van der Waals surface area contributed by atoms with Crippen LogP contribution in [0.3, 0.4) is 0 Å². The molecule has 0 unspecified atom stereocenters. The van der Waals surface area contributed by atoms with Gasteiger partial charge in [0.05, 0.1) is 5.41 Å². The summed E-state index contributed by atoms with van der Waals surface area (Å²) in [7, 11) is 0. The molecule has 1 aliphatic rings. The number of benzene rings is 1. The van der Waals surface area contributed by atoms with Crippen molar-refractivity contribution in [3.05, 3.63) is 35.9 Å². The summed E-state index contributed by atoms with van der Waals surface area (Å²) in [4.78, 5) is 13.0. The van der Waals surface area contributed by atoms with Gasteiger partial charge in [-0.2, -0.15) is 0 Å². The minimum Gasteiger partial charge on any atom is -0.381 e. The Morgan fingerprint density at radius 1 is 1.15 bits per heavy atom. The van der Waals surface area contributed by atoms with Gasteiger partial charge < -0.3 is 4.74 Å². The third kappa shape index (κ3) is 3.12. The molecule has 20 heavy (non-hydrogen) atoms. The quantitative estimate of drug-likeness (QED) is 0.779. The van der Waals surface area contributed by atoms with Crippen LogP contribution in [0.1, 0.15) is 51.5 Å². The van der Waals surface area contributed by atoms with E-state index in [-0.39, 0.29) is 5.41 Å². The molecule has 0 atom stereocenters. The molecule has 0 spiro atoms. The average molecular weight is 274 g/mol. The predicted molar refractivity (Wildman–Crippen MR) is 81.9 cm³/mol. The molecule has 1 heterocycles. The number of carbonyl (C=O) groups is 1. The summed E-state index contributed by atoms with van der Waals surface area (Å²) in [5.74, 6) is 0.937. The number of rotatable bonds is 6. The number of hydrogen-bond donors (Lipinski definition) is 0. The van der Waals surface area contributed by atoms with Crippen LogP contribution >= 0.6 is 0 Å². The molecule has 0 saturated carbocycles. The zero-order chi connectivity index (χ0) is 14.4. The molecule has 0 aromatic heterocycles. The van der Waals surface area contributed by atoms with Gasteiger partial charge in [-0.25, -0.2) is 0 Å². The second-order valence-corrected chi connectivity index (χ2v) is 5.87. The van der Waals surface area contributed by atoms with Crippen molar-refractivity contribution in [2.24, 2.45) is 5.92 Å². The van der Waals surface area contributed by atoms with Crippen molar-refractivity contribution < 1.29 is 9.53 Å². The maximum atomic E-state index is 13.0. The Morgan fingerprint density at radius 2 is 1.75 bits per heavy atom. The van der Waals surface area contributed by atoms with Gasteiger partial charge >= 0.3 is 0 Å². The molecule has 0 N–H and O–H groups in total. The van der Waals surface area contributed by atoms with E-state index in [0.717, 1.165) is 25.7 Å². The fraction of sp³-hybridized carbons (Fsp3) is 0.611. The van der Waals surface area contributed by atoms with Crippen LogP contribution in [0.4, 0.5) is 0 Å². The molecular weight excluding hydrogens is 248 g/mol. The Morgan fingerprint density at radius 3 is 2.30 bits per heavy atom. The van der Waals surface area contributed by atoms with Crippen LogP contribution < -0.4 is 0 Å². The highest BCUT2D eigenvalue weighted by Gasteiger charge is 2.41. The van der Waals surface area contributed by atoms with Crippen molar-refractivity contribution in [1.82, 2.24) is 0 Å². The van der Waals surface area contributed by atoms with Crippen LogP contribution in [-0.2, 0) is 14.9 Å². The van der Waals surface area contributed by atoms with Gasteiger partial charge in [0, 0.05) is 19.6 Å². The highest BCUT2D eigenvalue weighted by atomic mass is 16.5. The number of ether oxygens (including phenoxy) is 1. The normalized spacial score (nSPS) is 18.1. The third-order valence-electron chi connectivity index (χ3n) is 4.84. The van der Waals surface area contributed by atoms with E-state index in [9.17, 15) is 4.79 Å². The summed E-state index contributed by atoms with van der Waals surface area (Å²) in [6, 6.07) is 10.3. The first kappa shape index (κ1) is 15.2. The standard InChI is InChI=1S/C18H26O2/c1-3-15(4-2)14-17(19)18(10-12-20-13-11-18)16-8-6-5-7-9-16/h5-9,15H,3-4,10-14H2,1-2H3. The maximum absolute atomic E-state index is 13.0. The van der Waals surface area contributed by atoms with E-state index in [1.54, 1.807) is 0 Å². The Labute approximate surface area is 122 Å². The molecule has 0 aliphatic carbocycles. The summed E-state index contributed by atoms with van der Waals surface area (Å²) in [6.07, 6.45) is 4.54. The van der Waals surface area contributed by atoms with Gasteiger partial charge in [-0.3, -0.25) is 4.79 Å². The number of ketones is 1. The van der Waals surface area contributed by atoms with Crippen LogP contribution in [0, 0.1) is 5.92 Å². The summed E-state index contributed by atoms with van der Waals surface area (Å²) >= 11 is 0. The lowest BCUT2D eigenvalue weighted by molar-refractivity contribution is -0.129. The van der Waals surface area contributed by atoms with Gasteiger partial charge in [-0.15, -0.1) is 0 Å². The van der Waals surface area contributed by atoms with E-state index in [0.29, 0.717) is 31.3 Å². The first-order valence-electron chi connectivity index (χ1n) is 7.89. The van der Waals surface area contributed by atoms with Gasteiger partial charge in [-0.1, -0.05) is 57.0 Å². The Balaban J connectivity index is 2.25. The number of carbonyl (C=O) groups excluding carboxylic acids is 1. The Kier molecular flexibility index (Phi) is 5.36. The first-order chi connectivity index (χ1) is 9.73. The lowest BCUT2D eigenvalue weighted by Crippen LogP contribution is -2.42. The van der Waals surface area contributed by atoms with E-state index in [1.165, 1.54) is 5.56 Å². The zero-order valence-electron chi connectivity index (χ0n) is 12.7. The van der Waals surface area contributed by atoms with E-state index in [1.807, 2.05) is 18.2 Å². The van der Waals surface area contributed by atoms with Crippen molar-refractivity contribution in [1.29, 1.82) is 0 Å². The van der Waals surface area contributed by atoms with Gasteiger partial charge in [0.15, 0.2) is 0 Å². The molecule has 1 aliphatic heterocycles. The molecule has 110 valence electrons. The van der Waals surface area contributed by atoms with Crippen LogP contribution in [-0.4, -0.2) is 19.0 Å². The lowest BCUT2D eigenvalue weighted by Gasteiger charge is -2.37. The topological polar surface area (TPSA) is 26.3 Å². The van der Waals surface area contributed by atoms with Gasteiger partial charge in [0.25, 0.3) is 0 Å². The van der Waals surface area contributed by atoms with Gasteiger partial charge in [0.2, 0.25) is 0 Å². The second kappa shape index (κ2) is 7.03. The molecule has 1 aromatic rings. The molecule has 0 amide bonds. The van der Waals surface area contributed by atoms with Crippen LogP contribution in [0.5, 0.6) is 0 Å². The van der Waals surface area contributed by atoms with Crippen LogP contribution in [0.25, 0.3) is 0 Å². The largest absolute Gasteiger partial charge is 0.381 e. The molecule has 2 heteroatoms. The van der Waals surface area contributed by atoms with Crippen molar-refractivity contribution in [3.8, 4) is 0 Å². The molecule has 1 saturated heterocycles. The third-order valence-corrected chi connectivity index (χ3v) is 4.84. The summed E-state index contributed by atoms with van der Waals surface area (Å²) in [5, 5.41) is 0. The lowest BCUT2D eigenvalue weighted by atomic mass is 9.69. The molecule has 1 fully saturated rings. The monoisotopic (exact) mass is 274 g/mol. The number of hydrogen-bond acceptors (Lipinski definition) is 2. The average Bonchev–Trinajstić information content (AvgIpc) is 2.53. The minimum atomic E-state index is -0.303. The van der Waals surface area contributed by atoms with Crippen molar-refractivity contribution in [2.45, 2.75) is 51.4 Å². The highest BCUT2D eigenvalue weighted by molar-refractivity contribution is 5.90. The fourth-order valence-corrected chi connectivity index (χ4v) is 3.24. The minimum absolute atomic E-state index is 0.303. The smallest absolute Gasteiger partial charge is 0.143 e. The molecule has 2 nitrogen and oxygen atoms in total. The Bertz CT molecular complexity index is 414. The van der Waals surface area contributed by atoms with Crippen LogP contribution in [0.15, 0.2) is 30.3 Å². The van der Waals surface area contributed by atoms with E-state index >= 15 is 0 Å². The SMILES string of the molecule is CCC(CC)CC(=O)C1(c2ccccc2)CCOCC1. The molecule has 0 radical (unpaired) electrons. The van der Waals surface area contributed by atoms with Crippen molar-refractivity contribution in [3.63, 3.8) is 0 Å². The molecule has 2 rings (SSSR count). The first-order valence-corrected chi connectivity index (χ1v) is 7.89. The van der Waals surface area contributed by atoms with Crippen LogP contribution in [0.2, 0.25) is 0 Å². The van der Waals surface area contributed by atoms with E-state index in [2.05, 4.69) is 26.0 Å². The van der Waals surface area contributed by atoms with Gasteiger partial charge in [0.1, 0.15) is 5.78 Å². The number of Topliss-reactive ketones (excluding diaryl/α,β-unsaturated/α-hetero) is 1. The molecule has 0 bridgehead atoms. The van der Waals surface area contributed by atoms with E-state index in [4.69, 9.17) is 4.74 Å². The zero-order valence-corrected chi connectivity index (χ0v) is 12.7. The summed E-state index contributed by atoms with van der Waals surface area (Å²) in [6.45, 7) is 5.76. The van der Waals surface area contributed by atoms with Crippen molar-refractivity contribution in [2.75, 3.05) is 13.2 Å². The van der Waals surface area contributed by atoms with E-state index < -0.39 is 0 Å². The predicted octanol–water partition coefficient (Wildman–Crippen LogP) is 4.13. The Hall–Kier alpha value is -1.15. The summed E-state index contributed by atoms with van der Waals surface area (Å²) < 4.78 is 5.50. The second-order valence-electron chi connectivity index (χ2n) is 5.87. The highest BCUT2D eigenvalue weighted by Crippen LogP contribution is 2.38. The van der Waals surface area contributed by atoms with Gasteiger partial charge in [-0.05, 0) is 24.3 Å². The molecule has 1 aromatic carbocycles. The fourth-order valence-electron chi connectivity index (χ4n) is 3.24. The maximum Gasteiger partial charge on any atom is 0.143 e. The van der Waals surface area contributed by atoms with Crippen molar-refractivity contribution >= 4 is 5.78 Å². The molecular formula is C18H26O2.